The Balaban J connectivity index is 1.83. The summed E-state index contributed by atoms with van der Waals surface area (Å²) in [5.41, 5.74) is 1.61. The summed E-state index contributed by atoms with van der Waals surface area (Å²) in [6.07, 6.45) is -0.375. The average molecular weight is 500 g/mol. The highest BCUT2D eigenvalue weighted by Crippen LogP contribution is 2.38. The molecule has 0 aliphatic carbocycles. The van der Waals surface area contributed by atoms with Gasteiger partial charge < -0.3 is 28.7 Å². The second kappa shape index (κ2) is 13.0. The Bertz CT molecular complexity index is 987. The van der Waals surface area contributed by atoms with Crippen LogP contribution in [0.25, 0.3) is 0 Å². The van der Waals surface area contributed by atoms with E-state index in [-0.39, 0.29) is 24.6 Å². The highest BCUT2D eigenvalue weighted by atomic mass is 16.6. The van der Waals surface area contributed by atoms with Gasteiger partial charge >= 0.3 is 6.09 Å². The second-order valence-electron chi connectivity index (χ2n) is 8.54. The molecule has 196 valence electrons. The summed E-state index contributed by atoms with van der Waals surface area (Å²) in [5, 5.41) is 0. The fraction of sp³-hybridized carbons (Fsp3) is 0.481. The Morgan fingerprint density at radius 2 is 1.58 bits per heavy atom. The molecule has 2 amide bonds. The van der Waals surface area contributed by atoms with Gasteiger partial charge in [0.25, 0.3) is 5.91 Å². The SMILES string of the molecule is CCN(CC)C(=O)OCC1CN(Cc2ccccc2)CCN1C(=O)c1cc(OC)c(OC)c(OC)c1. The van der Waals surface area contributed by atoms with E-state index in [2.05, 4.69) is 17.0 Å². The number of benzene rings is 2. The van der Waals surface area contributed by atoms with Crippen molar-refractivity contribution in [2.75, 3.05) is 60.7 Å². The molecule has 0 N–H and O–H groups in total. The molecule has 3 rings (SSSR count). The summed E-state index contributed by atoms with van der Waals surface area (Å²) in [4.78, 5) is 31.9. The largest absolute Gasteiger partial charge is 0.493 e. The van der Waals surface area contributed by atoms with Crippen LogP contribution in [0, 0.1) is 0 Å². The van der Waals surface area contributed by atoms with Crippen LogP contribution < -0.4 is 14.2 Å². The van der Waals surface area contributed by atoms with E-state index in [1.54, 1.807) is 21.9 Å². The van der Waals surface area contributed by atoms with E-state index in [9.17, 15) is 9.59 Å². The number of carbonyl (C=O) groups excluding carboxylic acids is 2. The van der Waals surface area contributed by atoms with Crippen molar-refractivity contribution < 1.29 is 28.5 Å². The number of piperazine rings is 1. The van der Waals surface area contributed by atoms with Crippen LogP contribution in [0.15, 0.2) is 42.5 Å². The minimum atomic E-state index is -0.375. The molecule has 9 heteroatoms. The van der Waals surface area contributed by atoms with Crippen molar-refractivity contribution in [3.63, 3.8) is 0 Å². The first-order chi connectivity index (χ1) is 17.4. The van der Waals surface area contributed by atoms with Crippen molar-refractivity contribution in [3.05, 3.63) is 53.6 Å². The van der Waals surface area contributed by atoms with E-state index in [4.69, 9.17) is 18.9 Å². The lowest BCUT2D eigenvalue weighted by Gasteiger charge is -2.41. The summed E-state index contributed by atoms with van der Waals surface area (Å²) in [7, 11) is 4.56. The lowest BCUT2D eigenvalue weighted by molar-refractivity contribution is 0.0175. The average Bonchev–Trinajstić information content (AvgIpc) is 2.91. The molecule has 1 atom stereocenters. The number of hydrogen-bond donors (Lipinski definition) is 0. The highest BCUT2D eigenvalue weighted by molar-refractivity contribution is 5.96. The van der Waals surface area contributed by atoms with Crippen molar-refractivity contribution in [1.29, 1.82) is 0 Å². The first-order valence-electron chi connectivity index (χ1n) is 12.2. The Labute approximate surface area is 213 Å². The predicted molar refractivity (Wildman–Crippen MR) is 137 cm³/mol. The van der Waals surface area contributed by atoms with Gasteiger partial charge in [0.05, 0.1) is 27.4 Å². The van der Waals surface area contributed by atoms with Gasteiger partial charge in [-0.1, -0.05) is 30.3 Å². The molecule has 0 aromatic heterocycles. The van der Waals surface area contributed by atoms with E-state index in [1.165, 1.54) is 26.9 Å². The molecule has 9 nitrogen and oxygen atoms in total. The van der Waals surface area contributed by atoms with E-state index in [0.29, 0.717) is 55.5 Å². The Morgan fingerprint density at radius 3 is 2.14 bits per heavy atom. The number of carbonyl (C=O) groups is 2. The summed E-state index contributed by atoms with van der Waals surface area (Å²) in [6, 6.07) is 13.2. The van der Waals surface area contributed by atoms with Crippen LogP contribution in [0.4, 0.5) is 4.79 Å². The zero-order valence-corrected chi connectivity index (χ0v) is 21.9. The lowest BCUT2D eigenvalue weighted by Crippen LogP contribution is -2.57. The second-order valence-corrected chi connectivity index (χ2v) is 8.54. The van der Waals surface area contributed by atoms with Gasteiger partial charge in [-0.05, 0) is 31.5 Å². The third-order valence-corrected chi connectivity index (χ3v) is 6.41. The fourth-order valence-electron chi connectivity index (χ4n) is 4.43. The van der Waals surface area contributed by atoms with E-state index in [1.807, 2.05) is 32.0 Å². The number of nitrogens with zero attached hydrogens (tertiary/aromatic N) is 3. The Kier molecular flexibility index (Phi) is 9.81. The predicted octanol–water partition coefficient (Wildman–Crippen LogP) is 3.52. The quantitative estimate of drug-likeness (QED) is 0.495. The zero-order valence-electron chi connectivity index (χ0n) is 21.9. The van der Waals surface area contributed by atoms with Gasteiger partial charge in [-0.15, -0.1) is 0 Å². The Hall–Kier alpha value is -3.46. The normalized spacial score (nSPS) is 15.8. The molecule has 0 saturated carbocycles. The van der Waals surface area contributed by atoms with E-state index < -0.39 is 0 Å². The minimum Gasteiger partial charge on any atom is -0.493 e. The summed E-state index contributed by atoms with van der Waals surface area (Å²) >= 11 is 0. The van der Waals surface area contributed by atoms with Crippen LogP contribution in [0.1, 0.15) is 29.8 Å². The van der Waals surface area contributed by atoms with Crippen LogP contribution in [-0.4, -0.2) is 93.4 Å². The third-order valence-electron chi connectivity index (χ3n) is 6.41. The van der Waals surface area contributed by atoms with Gasteiger partial charge in [0.15, 0.2) is 11.5 Å². The molecule has 1 saturated heterocycles. The smallest absolute Gasteiger partial charge is 0.409 e. The summed E-state index contributed by atoms with van der Waals surface area (Å²) in [5.74, 6) is 1.06. The number of amides is 2. The van der Waals surface area contributed by atoms with Crippen LogP contribution in [-0.2, 0) is 11.3 Å². The first-order valence-corrected chi connectivity index (χ1v) is 12.2. The van der Waals surface area contributed by atoms with Crippen molar-refractivity contribution in [3.8, 4) is 17.2 Å². The van der Waals surface area contributed by atoms with Gasteiger partial charge in [-0.2, -0.15) is 0 Å². The molecule has 1 heterocycles. The van der Waals surface area contributed by atoms with Crippen LogP contribution >= 0.6 is 0 Å². The summed E-state index contributed by atoms with van der Waals surface area (Å²) in [6.45, 7) is 7.59. The number of ether oxygens (including phenoxy) is 4. The Morgan fingerprint density at radius 1 is 0.944 bits per heavy atom. The topological polar surface area (TPSA) is 80.8 Å². The van der Waals surface area contributed by atoms with Crippen molar-refractivity contribution in [2.45, 2.75) is 26.4 Å². The molecule has 1 fully saturated rings. The van der Waals surface area contributed by atoms with Crippen molar-refractivity contribution in [2.24, 2.45) is 0 Å². The van der Waals surface area contributed by atoms with E-state index in [0.717, 1.165) is 6.54 Å². The fourth-order valence-corrected chi connectivity index (χ4v) is 4.43. The molecule has 0 radical (unpaired) electrons. The third kappa shape index (κ3) is 6.40. The van der Waals surface area contributed by atoms with Crippen LogP contribution in [0.5, 0.6) is 17.2 Å². The molecular weight excluding hydrogens is 462 g/mol. The molecule has 1 aliphatic rings. The van der Waals surface area contributed by atoms with Gasteiger partial charge in [0, 0.05) is 44.8 Å². The van der Waals surface area contributed by atoms with Gasteiger partial charge in [0.2, 0.25) is 5.75 Å². The van der Waals surface area contributed by atoms with Crippen molar-refractivity contribution in [1.82, 2.24) is 14.7 Å². The molecule has 36 heavy (non-hydrogen) atoms. The molecule has 2 aromatic rings. The maximum absolute atomic E-state index is 13.7. The maximum atomic E-state index is 13.7. The number of methoxy groups -OCH3 is 3. The van der Waals surface area contributed by atoms with Crippen molar-refractivity contribution >= 4 is 12.0 Å². The lowest BCUT2D eigenvalue weighted by atomic mass is 10.1. The zero-order chi connectivity index (χ0) is 26.1. The first kappa shape index (κ1) is 27.1. The highest BCUT2D eigenvalue weighted by Gasteiger charge is 2.33. The van der Waals surface area contributed by atoms with Gasteiger partial charge in [0.1, 0.15) is 6.61 Å². The minimum absolute atomic E-state index is 0.108. The van der Waals surface area contributed by atoms with Gasteiger partial charge in [-0.25, -0.2) is 4.79 Å². The van der Waals surface area contributed by atoms with Gasteiger partial charge in [-0.3, -0.25) is 9.69 Å². The molecule has 0 bridgehead atoms. The standard InChI is InChI=1S/C27H37N3O6/c1-6-29(7-2)27(32)36-19-22-18-28(17-20-11-9-8-10-12-20)13-14-30(22)26(31)21-15-23(33-3)25(35-5)24(16-21)34-4/h8-12,15-16,22H,6-7,13-14,17-19H2,1-5H3. The molecular formula is C27H37N3O6. The monoisotopic (exact) mass is 499 g/mol. The van der Waals surface area contributed by atoms with E-state index >= 15 is 0 Å². The molecule has 1 unspecified atom stereocenters. The molecule has 0 spiro atoms. The molecule has 1 aliphatic heterocycles. The summed E-state index contributed by atoms with van der Waals surface area (Å²) < 4.78 is 21.9. The number of rotatable bonds is 10. The van der Waals surface area contributed by atoms with Crippen LogP contribution in [0.3, 0.4) is 0 Å². The molecule has 2 aromatic carbocycles. The number of hydrogen-bond acceptors (Lipinski definition) is 7. The maximum Gasteiger partial charge on any atom is 0.409 e. The van der Waals surface area contributed by atoms with Crippen LogP contribution in [0.2, 0.25) is 0 Å².